The van der Waals surface area contributed by atoms with Crippen LogP contribution in [0.3, 0.4) is 0 Å². The van der Waals surface area contributed by atoms with E-state index in [4.69, 9.17) is 0 Å². The fourth-order valence-corrected chi connectivity index (χ4v) is 3.56. The molecular weight excluding hydrogens is 314 g/mol. The van der Waals surface area contributed by atoms with Gasteiger partial charge in [-0.1, -0.05) is 19.9 Å². The Morgan fingerprint density at radius 3 is 2.68 bits per heavy atom. The van der Waals surface area contributed by atoms with Crippen molar-refractivity contribution in [1.82, 2.24) is 15.3 Å². The van der Waals surface area contributed by atoms with Crippen molar-refractivity contribution < 1.29 is 9.59 Å². The van der Waals surface area contributed by atoms with Crippen molar-refractivity contribution in [3.05, 3.63) is 47.0 Å². The van der Waals surface area contributed by atoms with Gasteiger partial charge >= 0.3 is 0 Å². The molecule has 1 N–H and O–H groups in total. The zero-order chi connectivity index (χ0) is 18.2. The smallest absolute Gasteiger partial charge is 0.253 e. The van der Waals surface area contributed by atoms with Crippen LogP contribution >= 0.6 is 0 Å². The summed E-state index contributed by atoms with van der Waals surface area (Å²) in [5.41, 5.74) is 3.81. The molecule has 1 aliphatic rings. The minimum atomic E-state index is -0.202. The number of ketones is 1. The Bertz CT molecular complexity index is 842. The van der Waals surface area contributed by atoms with Crippen LogP contribution in [0, 0.1) is 12.3 Å². The quantitative estimate of drug-likeness (QED) is 0.932. The third-order valence-electron chi connectivity index (χ3n) is 4.53. The summed E-state index contributed by atoms with van der Waals surface area (Å²) >= 11 is 0. The minimum absolute atomic E-state index is 0.0446. The Morgan fingerprint density at radius 1 is 1.28 bits per heavy atom. The summed E-state index contributed by atoms with van der Waals surface area (Å²) < 4.78 is 0. The lowest BCUT2D eigenvalue weighted by Crippen LogP contribution is -2.31. The molecule has 0 aliphatic heterocycles. The van der Waals surface area contributed by atoms with E-state index in [2.05, 4.69) is 29.1 Å². The van der Waals surface area contributed by atoms with Gasteiger partial charge in [0, 0.05) is 42.0 Å². The van der Waals surface area contributed by atoms with E-state index in [1.54, 1.807) is 12.4 Å². The van der Waals surface area contributed by atoms with Gasteiger partial charge in [-0.25, -0.2) is 0 Å². The van der Waals surface area contributed by atoms with Crippen molar-refractivity contribution in [3.63, 3.8) is 0 Å². The van der Waals surface area contributed by atoms with Crippen LogP contribution in [-0.2, 0) is 6.42 Å². The minimum Gasteiger partial charge on any atom is -0.352 e. The third-order valence-corrected chi connectivity index (χ3v) is 4.53. The van der Waals surface area contributed by atoms with Gasteiger partial charge in [-0.3, -0.25) is 19.6 Å². The van der Waals surface area contributed by atoms with Crippen molar-refractivity contribution >= 4 is 11.7 Å². The maximum Gasteiger partial charge on any atom is 0.253 e. The predicted molar refractivity (Wildman–Crippen MR) is 96.6 cm³/mol. The third kappa shape index (κ3) is 3.18. The summed E-state index contributed by atoms with van der Waals surface area (Å²) in [6.07, 6.45) is 4.55. The first-order chi connectivity index (χ1) is 11.8. The van der Waals surface area contributed by atoms with Crippen molar-refractivity contribution in [1.29, 1.82) is 0 Å². The van der Waals surface area contributed by atoms with Crippen LogP contribution in [0.1, 0.15) is 59.3 Å². The van der Waals surface area contributed by atoms with Gasteiger partial charge in [-0.05, 0) is 31.7 Å². The Kier molecular flexibility index (Phi) is 4.41. The Labute approximate surface area is 147 Å². The van der Waals surface area contributed by atoms with Crippen molar-refractivity contribution in [2.45, 2.75) is 40.5 Å². The molecule has 1 aliphatic carbocycles. The molecule has 130 valence electrons. The summed E-state index contributed by atoms with van der Waals surface area (Å²) in [5, 5.41) is 2.84. The number of Topliss-reactive ketones (excluding diaryl/α,β-unsaturated/α-hetero) is 1. The molecule has 0 fully saturated rings. The molecule has 0 radical (unpaired) electrons. The second-order valence-corrected chi connectivity index (χ2v) is 7.31. The van der Waals surface area contributed by atoms with Gasteiger partial charge in [0.05, 0.1) is 17.0 Å². The number of amides is 1. The van der Waals surface area contributed by atoms with Crippen LogP contribution < -0.4 is 5.32 Å². The maximum absolute atomic E-state index is 12.9. The second-order valence-electron chi connectivity index (χ2n) is 7.31. The van der Waals surface area contributed by atoms with Crippen LogP contribution in [0.5, 0.6) is 0 Å². The molecule has 2 aromatic rings. The second kappa shape index (κ2) is 6.39. The number of rotatable bonds is 3. The van der Waals surface area contributed by atoms with Crippen LogP contribution in [-0.4, -0.2) is 28.2 Å². The summed E-state index contributed by atoms with van der Waals surface area (Å²) in [5.74, 6) is -0.157. The highest BCUT2D eigenvalue weighted by Gasteiger charge is 2.36. The van der Waals surface area contributed by atoms with E-state index in [1.165, 1.54) is 0 Å². The molecule has 0 bridgehead atoms. The number of carbonyl (C=O) groups is 2. The molecule has 0 aromatic carbocycles. The van der Waals surface area contributed by atoms with Gasteiger partial charge in [0.25, 0.3) is 5.91 Å². The van der Waals surface area contributed by atoms with Gasteiger partial charge in [0.2, 0.25) is 0 Å². The average Bonchev–Trinajstić information content (AvgIpc) is 2.53. The number of nitrogens with zero attached hydrogens (tertiary/aromatic N) is 2. The number of aromatic nitrogens is 2. The van der Waals surface area contributed by atoms with E-state index in [1.807, 2.05) is 26.0 Å². The van der Waals surface area contributed by atoms with E-state index in [-0.39, 0.29) is 17.1 Å². The zero-order valence-corrected chi connectivity index (χ0v) is 15.1. The van der Waals surface area contributed by atoms with Crippen LogP contribution in [0.2, 0.25) is 0 Å². The number of fused-ring (bicyclic) bond motifs is 1. The van der Waals surface area contributed by atoms with Crippen molar-refractivity contribution in [2.75, 3.05) is 6.54 Å². The standard InChI is InChI=1S/C20H23N3O2/c1-5-22-19(25)16-12(2)23-14-9-20(3,4)10-15(24)18(14)17(16)13-7-6-8-21-11-13/h6-8,11H,5,9-10H2,1-4H3,(H,22,25). The number of aryl methyl sites for hydroxylation is 1. The van der Waals surface area contributed by atoms with Gasteiger partial charge in [0.1, 0.15) is 0 Å². The number of hydrogen-bond acceptors (Lipinski definition) is 4. The van der Waals surface area contributed by atoms with E-state index < -0.39 is 0 Å². The van der Waals surface area contributed by atoms with Crippen molar-refractivity contribution in [2.24, 2.45) is 5.41 Å². The normalized spacial score (nSPS) is 15.6. The number of carbonyl (C=O) groups excluding carboxylic acids is 2. The van der Waals surface area contributed by atoms with Crippen LogP contribution in [0.15, 0.2) is 24.5 Å². The lowest BCUT2D eigenvalue weighted by atomic mass is 9.73. The molecule has 0 unspecified atom stereocenters. The van der Waals surface area contributed by atoms with Gasteiger partial charge in [-0.15, -0.1) is 0 Å². The fourth-order valence-electron chi connectivity index (χ4n) is 3.56. The SMILES string of the molecule is CCNC(=O)c1c(C)nc2c(c1-c1cccnc1)C(=O)CC(C)(C)C2. The summed E-state index contributed by atoms with van der Waals surface area (Å²) in [4.78, 5) is 34.5. The topological polar surface area (TPSA) is 72.0 Å². The lowest BCUT2D eigenvalue weighted by molar-refractivity contribution is 0.0911. The highest BCUT2D eigenvalue weighted by Crippen LogP contribution is 2.40. The first-order valence-corrected chi connectivity index (χ1v) is 8.59. The molecule has 1 amide bonds. The first-order valence-electron chi connectivity index (χ1n) is 8.59. The number of pyridine rings is 2. The fraction of sp³-hybridized carbons (Fsp3) is 0.400. The Balaban J connectivity index is 2.33. The summed E-state index contributed by atoms with van der Waals surface area (Å²) in [7, 11) is 0. The average molecular weight is 337 g/mol. The van der Waals surface area contributed by atoms with Crippen molar-refractivity contribution in [3.8, 4) is 11.1 Å². The van der Waals surface area contributed by atoms with E-state index >= 15 is 0 Å². The molecule has 0 spiro atoms. The number of nitrogens with one attached hydrogen (secondary N) is 1. The zero-order valence-electron chi connectivity index (χ0n) is 15.1. The van der Waals surface area contributed by atoms with E-state index in [0.717, 1.165) is 17.7 Å². The maximum atomic E-state index is 12.9. The molecule has 5 nitrogen and oxygen atoms in total. The molecule has 3 rings (SSSR count). The van der Waals surface area contributed by atoms with Crippen LogP contribution in [0.25, 0.3) is 11.1 Å². The summed E-state index contributed by atoms with van der Waals surface area (Å²) in [6.45, 7) is 8.37. The Morgan fingerprint density at radius 2 is 2.04 bits per heavy atom. The van der Waals surface area contributed by atoms with Gasteiger partial charge < -0.3 is 5.32 Å². The van der Waals surface area contributed by atoms with E-state index in [0.29, 0.717) is 35.3 Å². The largest absolute Gasteiger partial charge is 0.352 e. The highest BCUT2D eigenvalue weighted by molar-refractivity contribution is 6.11. The van der Waals surface area contributed by atoms with E-state index in [9.17, 15) is 9.59 Å². The Hall–Kier alpha value is -2.56. The molecule has 0 saturated heterocycles. The van der Waals surface area contributed by atoms with Gasteiger partial charge in [0.15, 0.2) is 5.78 Å². The monoisotopic (exact) mass is 337 g/mol. The summed E-state index contributed by atoms with van der Waals surface area (Å²) in [6, 6.07) is 3.70. The molecule has 2 aromatic heterocycles. The lowest BCUT2D eigenvalue weighted by Gasteiger charge is -2.31. The number of hydrogen-bond donors (Lipinski definition) is 1. The predicted octanol–water partition coefficient (Wildman–Crippen LogP) is 3.36. The highest BCUT2D eigenvalue weighted by atomic mass is 16.1. The molecule has 0 atom stereocenters. The molecular formula is C20H23N3O2. The molecule has 2 heterocycles. The molecule has 0 saturated carbocycles. The molecule has 5 heteroatoms. The van der Waals surface area contributed by atoms with Crippen LogP contribution in [0.4, 0.5) is 0 Å². The molecule has 25 heavy (non-hydrogen) atoms. The van der Waals surface area contributed by atoms with Gasteiger partial charge in [-0.2, -0.15) is 0 Å². The first kappa shape index (κ1) is 17.3.